The Morgan fingerprint density at radius 3 is 3.05 bits per heavy atom. The van der Waals surface area contributed by atoms with Gasteiger partial charge in [-0.25, -0.2) is 4.98 Å². The minimum absolute atomic E-state index is 0.127. The number of ether oxygens (including phenoxy) is 1. The number of fused-ring (bicyclic) bond motifs is 1. The van der Waals surface area contributed by atoms with E-state index in [0.29, 0.717) is 12.8 Å². The van der Waals surface area contributed by atoms with Crippen molar-refractivity contribution in [3.63, 3.8) is 0 Å². The maximum absolute atomic E-state index is 12.1. The summed E-state index contributed by atoms with van der Waals surface area (Å²) in [7, 11) is 1.96. The molecule has 0 bridgehead atoms. The number of hydrogen-bond acceptors (Lipinski definition) is 3. The van der Waals surface area contributed by atoms with Crippen LogP contribution < -0.4 is 0 Å². The predicted molar refractivity (Wildman–Crippen MR) is 73.0 cm³/mol. The van der Waals surface area contributed by atoms with Gasteiger partial charge in [-0.15, -0.1) is 0 Å². The molecule has 19 heavy (non-hydrogen) atoms. The average molecular weight is 258 g/mol. The van der Waals surface area contributed by atoms with Crippen molar-refractivity contribution >= 4 is 16.8 Å². The Morgan fingerprint density at radius 1 is 1.47 bits per heavy atom. The molecule has 1 aromatic heterocycles. The lowest BCUT2D eigenvalue weighted by Crippen LogP contribution is -2.15. The molecule has 0 aliphatic carbocycles. The van der Waals surface area contributed by atoms with Gasteiger partial charge in [0.15, 0.2) is 0 Å². The number of aromatic nitrogens is 2. The van der Waals surface area contributed by atoms with Crippen molar-refractivity contribution in [1.29, 1.82) is 0 Å². The number of hydrogen-bond donors (Lipinski definition) is 0. The van der Waals surface area contributed by atoms with E-state index in [2.05, 4.69) is 4.98 Å². The lowest BCUT2D eigenvalue weighted by atomic mass is 10.1. The van der Waals surface area contributed by atoms with Gasteiger partial charge in [-0.1, -0.05) is 12.1 Å². The molecule has 100 valence electrons. The summed E-state index contributed by atoms with van der Waals surface area (Å²) < 4.78 is 7.51. The number of benzene rings is 1. The number of para-hydroxylation sites is 2. The van der Waals surface area contributed by atoms with Crippen molar-refractivity contribution < 1.29 is 9.53 Å². The van der Waals surface area contributed by atoms with E-state index in [-0.39, 0.29) is 11.9 Å². The molecule has 0 spiro atoms. The fraction of sp³-hybridized carbons (Fsp3) is 0.467. The number of carbonyl (C=O) groups excluding carboxylic acids is 1. The Hall–Kier alpha value is -1.68. The third-order valence-corrected chi connectivity index (χ3v) is 3.71. The molecule has 1 fully saturated rings. The zero-order valence-corrected chi connectivity index (χ0v) is 11.1. The molecule has 1 aromatic carbocycles. The van der Waals surface area contributed by atoms with Crippen LogP contribution in [0, 0.1) is 0 Å². The van der Waals surface area contributed by atoms with Gasteiger partial charge in [0.25, 0.3) is 0 Å². The highest BCUT2D eigenvalue weighted by atomic mass is 16.5. The number of ketones is 1. The lowest BCUT2D eigenvalue weighted by molar-refractivity contribution is -0.120. The van der Waals surface area contributed by atoms with Crippen molar-refractivity contribution in [2.75, 3.05) is 6.61 Å². The fourth-order valence-corrected chi connectivity index (χ4v) is 2.66. The van der Waals surface area contributed by atoms with E-state index >= 15 is 0 Å². The molecule has 1 atom stereocenters. The first kappa shape index (κ1) is 12.4. The lowest BCUT2D eigenvalue weighted by Gasteiger charge is -2.07. The van der Waals surface area contributed by atoms with Crippen LogP contribution in [0.25, 0.3) is 11.0 Å². The zero-order chi connectivity index (χ0) is 13.2. The summed E-state index contributed by atoms with van der Waals surface area (Å²) in [5.41, 5.74) is 2.02. The highest BCUT2D eigenvalue weighted by Crippen LogP contribution is 2.18. The summed E-state index contributed by atoms with van der Waals surface area (Å²) in [5, 5.41) is 0. The summed E-state index contributed by atoms with van der Waals surface area (Å²) in [5.74, 6) is 1.05. The number of Topliss-reactive ketones (excluding diaryl/α,β-unsaturated/α-hetero) is 1. The summed E-state index contributed by atoms with van der Waals surface area (Å²) in [6.45, 7) is 0.796. The molecule has 0 N–H and O–H groups in total. The Balaban J connectivity index is 1.73. The second kappa shape index (κ2) is 5.13. The monoisotopic (exact) mass is 258 g/mol. The highest BCUT2D eigenvalue weighted by Gasteiger charge is 2.20. The number of rotatable bonds is 4. The average Bonchev–Trinajstić information content (AvgIpc) is 3.00. The van der Waals surface area contributed by atoms with E-state index in [1.54, 1.807) is 0 Å². The molecule has 0 radical (unpaired) electrons. The van der Waals surface area contributed by atoms with Crippen LogP contribution in [0.2, 0.25) is 0 Å². The van der Waals surface area contributed by atoms with Crippen LogP contribution in [0.1, 0.15) is 25.1 Å². The Bertz CT molecular complexity index is 597. The third-order valence-electron chi connectivity index (χ3n) is 3.71. The minimum atomic E-state index is 0.127. The fourth-order valence-electron chi connectivity index (χ4n) is 2.66. The number of aryl methyl sites for hydroxylation is 1. The van der Waals surface area contributed by atoms with Gasteiger partial charge in [-0.2, -0.15) is 0 Å². The second-order valence-electron chi connectivity index (χ2n) is 5.13. The standard InChI is InChI=1S/C15H18N2O2/c1-17-14-7-3-2-6-13(14)16-15(17)10-11(18)9-12-5-4-8-19-12/h2-3,6-7,12H,4-5,8-10H2,1H3. The van der Waals surface area contributed by atoms with Gasteiger partial charge in [-0.3, -0.25) is 4.79 Å². The van der Waals surface area contributed by atoms with Gasteiger partial charge in [0.05, 0.1) is 23.6 Å². The zero-order valence-electron chi connectivity index (χ0n) is 11.1. The van der Waals surface area contributed by atoms with Crippen LogP contribution in [-0.4, -0.2) is 28.0 Å². The van der Waals surface area contributed by atoms with Crippen molar-refractivity contribution in [2.24, 2.45) is 7.05 Å². The SMILES string of the molecule is Cn1c(CC(=O)CC2CCCO2)nc2ccccc21. The molecule has 1 saturated heterocycles. The van der Waals surface area contributed by atoms with Crippen LogP contribution in [0.5, 0.6) is 0 Å². The molecule has 3 rings (SSSR count). The molecule has 2 heterocycles. The van der Waals surface area contributed by atoms with Crippen LogP contribution in [-0.2, 0) is 23.0 Å². The first-order valence-corrected chi connectivity index (χ1v) is 6.77. The molecule has 0 saturated carbocycles. The largest absolute Gasteiger partial charge is 0.378 e. The van der Waals surface area contributed by atoms with Crippen LogP contribution in [0.4, 0.5) is 0 Å². The predicted octanol–water partition coefficient (Wildman–Crippen LogP) is 2.25. The Morgan fingerprint density at radius 2 is 2.32 bits per heavy atom. The van der Waals surface area contributed by atoms with Crippen molar-refractivity contribution in [3.8, 4) is 0 Å². The molecule has 1 aliphatic heterocycles. The number of carbonyl (C=O) groups is 1. The minimum Gasteiger partial charge on any atom is -0.378 e. The van der Waals surface area contributed by atoms with Crippen molar-refractivity contribution in [2.45, 2.75) is 31.8 Å². The van der Waals surface area contributed by atoms with E-state index < -0.39 is 0 Å². The van der Waals surface area contributed by atoms with E-state index in [9.17, 15) is 4.79 Å². The summed E-state index contributed by atoms with van der Waals surface area (Å²) in [6, 6.07) is 7.95. The van der Waals surface area contributed by atoms with Crippen LogP contribution >= 0.6 is 0 Å². The maximum Gasteiger partial charge on any atom is 0.142 e. The highest BCUT2D eigenvalue weighted by molar-refractivity contribution is 5.82. The quantitative estimate of drug-likeness (QED) is 0.845. The van der Waals surface area contributed by atoms with E-state index in [0.717, 1.165) is 36.3 Å². The summed E-state index contributed by atoms with van der Waals surface area (Å²) >= 11 is 0. The normalized spacial score (nSPS) is 19.1. The molecule has 4 nitrogen and oxygen atoms in total. The summed E-state index contributed by atoms with van der Waals surface area (Å²) in [4.78, 5) is 16.6. The molecule has 4 heteroatoms. The third kappa shape index (κ3) is 2.54. The van der Waals surface area contributed by atoms with Crippen LogP contribution in [0.15, 0.2) is 24.3 Å². The van der Waals surface area contributed by atoms with Crippen molar-refractivity contribution in [3.05, 3.63) is 30.1 Å². The molecule has 1 aliphatic rings. The van der Waals surface area contributed by atoms with Gasteiger partial charge < -0.3 is 9.30 Å². The van der Waals surface area contributed by atoms with Gasteiger partial charge in [-0.05, 0) is 25.0 Å². The van der Waals surface area contributed by atoms with Gasteiger partial charge >= 0.3 is 0 Å². The van der Waals surface area contributed by atoms with Gasteiger partial charge in [0.1, 0.15) is 11.6 Å². The smallest absolute Gasteiger partial charge is 0.142 e. The maximum atomic E-state index is 12.1. The second-order valence-corrected chi connectivity index (χ2v) is 5.13. The topological polar surface area (TPSA) is 44.1 Å². The first-order chi connectivity index (χ1) is 9.24. The summed E-state index contributed by atoms with van der Waals surface area (Å²) in [6.07, 6.45) is 3.12. The number of imidazole rings is 1. The first-order valence-electron chi connectivity index (χ1n) is 6.77. The molecular formula is C15H18N2O2. The van der Waals surface area contributed by atoms with Crippen LogP contribution in [0.3, 0.4) is 0 Å². The number of nitrogens with zero attached hydrogens (tertiary/aromatic N) is 2. The molecule has 2 aromatic rings. The van der Waals surface area contributed by atoms with Crippen molar-refractivity contribution in [1.82, 2.24) is 9.55 Å². The Kier molecular flexibility index (Phi) is 3.34. The molecule has 0 amide bonds. The van der Waals surface area contributed by atoms with E-state index in [1.165, 1.54) is 0 Å². The molecule has 1 unspecified atom stereocenters. The Labute approximate surface area is 112 Å². The van der Waals surface area contributed by atoms with E-state index in [4.69, 9.17) is 4.74 Å². The van der Waals surface area contributed by atoms with Gasteiger partial charge in [0.2, 0.25) is 0 Å². The van der Waals surface area contributed by atoms with E-state index in [1.807, 2.05) is 35.9 Å². The van der Waals surface area contributed by atoms with Gasteiger partial charge in [0, 0.05) is 20.1 Å². The molecular weight excluding hydrogens is 240 g/mol.